The maximum atomic E-state index is 12.6. The molecule has 25 heavy (non-hydrogen) atoms. The molecular weight excluding hydrogens is 379 g/mol. The molecule has 0 spiro atoms. The maximum Gasteiger partial charge on any atom is 0.259 e. The first-order valence-corrected chi connectivity index (χ1v) is 8.57. The Balaban J connectivity index is 2.18. The van der Waals surface area contributed by atoms with Gasteiger partial charge in [0.1, 0.15) is 4.99 Å². The van der Waals surface area contributed by atoms with Crippen LogP contribution in [-0.4, -0.2) is 22.1 Å². The first-order valence-electron chi connectivity index (χ1n) is 7.41. The van der Waals surface area contributed by atoms with Gasteiger partial charge in [-0.05, 0) is 36.4 Å². The first kappa shape index (κ1) is 17.9. The van der Waals surface area contributed by atoms with Crippen molar-refractivity contribution in [2.24, 2.45) is 0 Å². The Morgan fingerprint density at radius 2 is 1.92 bits per heavy atom. The molecule has 0 radical (unpaired) electrons. The van der Waals surface area contributed by atoms with Gasteiger partial charge < -0.3 is 15.0 Å². The van der Waals surface area contributed by atoms with Crippen molar-refractivity contribution in [1.82, 2.24) is 4.98 Å². The Hall–Kier alpha value is -1.92. The number of aliphatic hydroxyl groups excluding tert-OH is 1. The summed E-state index contributed by atoms with van der Waals surface area (Å²) >= 11 is 17.6. The third-order valence-corrected chi connectivity index (χ3v) is 4.90. The van der Waals surface area contributed by atoms with Crippen LogP contribution >= 0.6 is 35.4 Å². The molecule has 0 bridgehead atoms. The van der Waals surface area contributed by atoms with Gasteiger partial charge in [-0.2, -0.15) is 0 Å². The fourth-order valence-electron chi connectivity index (χ4n) is 2.69. The summed E-state index contributed by atoms with van der Waals surface area (Å²) in [6, 6.07) is 12.2. The van der Waals surface area contributed by atoms with Crippen LogP contribution in [0.5, 0.6) is 0 Å². The largest absolute Gasteiger partial charge is 0.392 e. The molecular formula is C18H14Cl2N2O2S. The molecule has 0 saturated carbocycles. The second-order valence-electron chi connectivity index (χ2n) is 5.50. The molecule has 7 heteroatoms. The van der Waals surface area contributed by atoms with E-state index in [0.717, 1.165) is 5.69 Å². The van der Waals surface area contributed by atoms with Crippen LogP contribution in [0.2, 0.25) is 10.0 Å². The standard InChI is InChI=1S/C18H14Cl2N2O2S/c1-22(12-4-2-3-10(19)7-12)18(25)16-14(9-23)13-8-11(20)5-6-15(13)21-17(16)24/h2-8,23H,9H2,1H3,(H,21,24). The van der Waals surface area contributed by atoms with Crippen molar-refractivity contribution in [3.05, 3.63) is 74.0 Å². The molecule has 0 aliphatic carbocycles. The van der Waals surface area contributed by atoms with Gasteiger partial charge >= 0.3 is 0 Å². The van der Waals surface area contributed by atoms with E-state index in [-0.39, 0.29) is 22.7 Å². The molecule has 0 saturated heterocycles. The lowest BCUT2D eigenvalue weighted by Crippen LogP contribution is -2.32. The maximum absolute atomic E-state index is 12.6. The van der Waals surface area contributed by atoms with E-state index in [1.54, 1.807) is 48.3 Å². The number of rotatable bonds is 3. The molecule has 4 nitrogen and oxygen atoms in total. The molecule has 0 fully saturated rings. The van der Waals surface area contributed by atoms with Crippen LogP contribution in [0.25, 0.3) is 10.9 Å². The molecule has 1 heterocycles. The predicted molar refractivity (Wildman–Crippen MR) is 107 cm³/mol. The van der Waals surface area contributed by atoms with E-state index >= 15 is 0 Å². The van der Waals surface area contributed by atoms with Crippen LogP contribution in [-0.2, 0) is 6.61 Å². The Labute approximate surface area is 159 Å². The smallest absolute Gasteiger partial charge is 0.259 e. The summed E-state index contributed by atoms with van der Waals surface area (Å²) in [5, 5.41) is 11.6. The highest BCUT2D eigenvalue weighted by Crippen LogP contribution is 2.25. The monoisotopic (exact) mass is 392 g/mol. The SMILES string of the molecule is CN(C(=S)c1c(CO)c2cc(Cl)ccc2[nH]c1=O)c1cccc(Cl)c1. The Morgan fingerprint density at radius 1 is 1.20 bits per heavy atom. The van der Waals surface area contributed by atoms with Gasteiger partial charge in [-0.3, -0.25) is 4.79 Å². The molecule has 0 aliphatic rings. The minimum absolute atomic E-state index is 0.245. The summed E-state index contributed by atoms with van der Waals surface area (Å²) in [6.45, 7) is -0.334. The number of pyridine rings is 1. The van der Waals surface area contributed by atoms with Crippen molar-refractivity contribution < 1.29 is 5.11 Å². The minimum atomic E-state index is -0.363. The summed E-state index contributed by atoms with van der Waals surface area (Å²) < 4.78 is 0. The number of H-pyrrole nitrogens is 1. The summed E-state index contributed by atoms with van der Waals surface area (Å²) in [4.78, 5) is 17.4. The van der Waals surface area contributed by atoms with E-state index in [9.17, 15) is 9.90 Å². The highest BCUT2D eigenvalue weighted by molar-refractivity contribution is 7.81. The second-order valence-corrected chi connectivity index (χ2v) is 6.76. The average molecular weight is 393 g/mol. The van der Waals surface area contributed by atoms with E-state index in [0.29, 0.717) is 26.5 Å². The number of hydrogen-bond donors (Lipinski definition) is 2. The molecule has 0 aliphatic heterocycles. The number of aromatic amines is 1. The normalized spacial score (nSPS) is 10.9. The fraction of sp³-hybridized carbons (Fsp3) is 0.111. The quantitative estimate of drug-likeness (QED) is 0.657. The van der Waals surface area contributed by atoms with Crippen molar-refractivity contribution in [1.29, 1.82) is 0 Å². The van der Waals surface area contributed by atoms with Gasteiger partial charge in [0.25, 0.3) is 5.56 Å². The summed E-state index contributed by atoms with van der Waals surface area (Å²) in [5.41, 5.74) is 1.66. The molecule has 2 N–H and O–H groups in total. The number of nitrogens with zero attached hydrogens (tertiary/aromatic N) is 1. The molecule has 0 amide bonds. The van der Waals surface area contributed by atoms with Crippen LogP contribution in [0.4, 0.5) is 5.69 Å². The lowest BCUT2D eigenvalue weighted by atomic mass is 10.0. The van der Waals surface area contributed by atoms with E-state index in [4.69, 9.17) is 35.4 Å². The topological polar surface area (TPSA) is 56.3 Å². The van der Waals surface area contributed by atoms with E-state index < -0.39 is 0 Å². The summed E-state index contributed by atoms with van der Waals surface area (Å²) in [7, 11) is 1.75. The second kappa shape index (κ2) is 7.14. The van der Waals surface area contributed by atoms with Crippen molar-refractivity contribution in [2.45, 2.75) is 6.61 Å². The van der Waals surface area contributed by atoms with Gasteiger partial charge in [0, 0.05) is 39.2 Å². The van der Waals surface area contributed by atoms with E-state index in [1.807, 2.05) is 6.07 Å². The molecule has 3 rings (SSSR count). The number of aromatic nitrogens is 1. The van der Waals surface area contributed by atoms with Crippen LogP contribution in [0.3, 0.4) is 0 Å². The third kappa shape index (κ3) is 3.41. The summed E-state index contributed by atoms with van der Waals surface area (Å²) in [5.74, 6) is 0. The molecule has 128 valence electrons. The highest BCUT2D eigenvalue weighted by atomic mass is 35.5. The zero-order valence-corrected chi connectivity index (χ0v) is 15.5. The molecule has 0 unspecified atom stereocenters. The van der Waals surface area contributed by atoms with Crippen LogP contribution in [0.15, 0.2) is 47.3 Å². The van der Waals surface area contributed by atoms with Crippen molar-refractivity contribution in [3.8, 4) is 0 Å². The summed E-state index contributed by atoms with van der Waals surface area (Å²) in [6.07, 6.45) is 0. The lowest BCUT2D eigenvalue weighted by Gasteiger charge is -2.22. The number of hydrogen-bond acceptors (Lipinski definition) is 3. The van der Waals surface area contributed by atoms with Crippen molar-refractivity contribution >= 4 is 57.0 Å². The van der Waals surface area contributed by atoms with Gasteiger partial charge in [-0.25, -0.2) is 0 Å². The Morgan fingerprint density at radius 3 is 2.60 bits per heavy atom. The van der Waals surface area contributed by atoms with Crippen molar-refractivity contribution in [2.75, 3.05) is 11.9 Å². The van der Waals surface area contributed by atoms with Crippen LogP contribution in [0.1, 0.15) is 11.1 Å². The van der Waals surface area contributed by atoms with Crippen molar-refractivity contribution in [3.63, 3.8) is 0 Å². The van der Waals surface area contributed by atoms with Gasteiger partial charge in [0.2, 0.25) is 0 Å². The fourth-order valence-corrected chi connectivity index (χ4v) is 3.37. The lowest BCUT2D eigenvalue weighted by molar-refractivity contribution is 0.283. The van der Waals surface area contributed by atoms with Gasteiger partial charge in [-0.1, -0.05) is 41.5 Å². The minimum Gasteiger partial charge on any atom is -0.392 e. The molecule has 0 atom stereocenters. The number of benzene rings is 2. The van der Waals surface area contributed by atoms with Crippen LogP contribution in [0, 0.1) is 0 Å². The Bertz CT molecular complexity index is 1030. The number of aliphatic hydroxyl groups is 1. The molecule has 2 aromatic carbocycles. The Kier molecular flexibility index (Phi) is 5.11. The number of fused-ring (bicyclic) bond motifs is 1. The molecule has 3 aromatic rings. The van der Waals surface area contributed by atoms with E-state index in [1.165, 1.54) is 0 Å². The van der Waals surface area contributed by atoms with Gasteiger partial charge in [0.05, 0.1) is 12.2 Å². The predicted octanol–water partition coefficient (Wildman–Crippen LogP) is 4.14. The average Bonchev–Trinajstić information content (AvgIpc) is 2.59. The zero-order chi connectivity index (χ0) is 18.1. The number of halogens is 2. The number of nitrogens with one attached hydrogen (secondary N) is 1. The zero-order valence-electron chi connectivity index (χ0n) is 13.2. The van der Waals surface area contributed by atoms with E-state index in [2.05, 4.69) is 4.98 Å². The van der Waals surface area contributed by atoms with Gasteiger partial charge in [0.15, 0.2) is 0 Å². The highest BCUT2D eigenvalue weighted by Gasteiger charge is 2.20. The number of thiocarbonyl (C=S) groups is 1. The van der Waals surface area contributed by atoms with Gasteiger partial charge in [-0.15, -0.1) is 0 Å². The number of anilines is 1. The first-order chi connectivity index (χ1) is 11.9. The third-order valence-electron chi connectivity index (χ3n) is 3.96. The van der Waals surface area contributed by atoms with Crippen LogP contribution < -0.4 is 10.5 Å². The molecule has 1 aromatic heterocycles.